The van der Waals surface area contributed by atoms with Crippen LogP contribution in [0.1, 0.15) is 48.0 Å². The molecule has 0 unspecified atom stereocenters. The highest BCUT2D eigenvalue weighted by Gasteiger charge is 2.91. The van der Waals surface area contributed by atoms with Crippen molar-refractivity contribution in [3.05, 3.63) is 35.5 Å². The van der Waals surface area contributed by atoms with Crippen molar-refractivity contribution in [3.8, 4) is 0 Å². The monoisotopic (exact) mass is 630 g/mol. The van der Waals surface area contributed by atoms with E-state index >= 15 is 0 Å². The number of esters is 1. The summed E-state index contributed by atoms with van der Waals surface area (Å²) in [5.41, 5.74) is -3.62. The molecule has 15 atom stereocenters. The van der Waals surface area contributed by atoms with E-state index in [-0.39, 0.29) is 17.9 Å². The van der Waals surface area contributed by atoms with Gasteiger partial charge >= 0.3 is 5.97 Å². The second kappa shape index (κ2) is 9.79. The first-order valence-corrected chi connectivity index (χ1v) is 15.9. The third-order valence-electron chi connectivity index (χ3n) is 13.2. The van der Waals surface area contributed by atoms with Crippen molar-refractivity contribution in [1.29, 1.82) is 0 Å². The highest BCUT2D eigenvalue weighted by molar-refractivity contribution is 5.88. The van der Waals surface area contributed by atoms with Gasteiger partial charge in [-0.3, -0.25) is 0 Å². The fourth-order valence-corrected chi connectivity index (χ4v) is 11.0. The van der Waals surface area contributed by atoms with Crippen LogP contribution in [0.3, 0.4) is 0 Å². The van der Waals surface area contributed by atoms with Gasteiger partial charge in [0.15, 0.2) is 24.7 Å². The number of fused-ring (bicyclic) bond motifs is 1. The van der Waals surface area contributed by atoms with Crippen LogP contribution < -0.4 is 0 Å². The van der Waals surface area contributed by atoms with Crippen molar-refractivity contribution in [2.75, 3.05) is 27.9 Å². The topological polar surface area (TPSA) is 132 Å². The van der Waals surface area contributed by atoms with E-state index in [4.69, 9.17) is 37.9 Å². The van der Waals surface area contributed by atoms with Crippen LogP contribution in [0.15, 0.2) is 35.5 Å². The van der Waals surface area contributed by atoms with Crippen molar-refractivity contribution in [3.63, 3.8) is 0 Å². The Kier molecular flexibility index (Phi) is 6.88. The smallest absolute Gasteiger partial charge is 0.333 e. The lowest BCUT2D eigenvalue weighted by Gasteiger charge is -2.64. The summed E-state index contributed by atoms with van der Waals surface area (Å²) in [6.45, 7) is 11.9. The molecule has 5 fully saturated rings. The van der Waals surface area contributed by atoms with Gasteiger partial charge < -0.3 is 47.8 Å². The Balaban J connectivity index is 1.45. The quantitative estimate of drug-likeness (QED) is 0.140. The van der Waals surface area contributed by atoms with Gasteiger partial charge in [-0.25, -0.2) is 4.79 Å². The molecule has 0 aromatic heterocycles. The van der Waals surface area contributed by atoms with Crippen molar-refractivity contribution in [1.82, 2.24) is 0 Å². The van der Waals surface area contributed by atoms with Crippen molar-refractivity contribution < 1.29 is 52.6 Å². The molecule has 3 aliphatic carbocycles. The van der Waals surface area contributed by atoms with Crippen LogP contribution in [0, 0.1) is 39.4 Å². The Labute approximate surface area is 264 Å². The summed E-state index contributed by atoms with van der Waals surface area (Å²) < 4.78 is 49.6. The van der Waals surface area contributed by atoms with Crippen molar-refractivity contribution in [2.45, 2.75) is 96.5 Å². The number of carbonyl (C=O) groups is 2. The Bertz CT molecular complexity index is 1390. The fraction of sp³-hybridized carbons (Fsp3) is 0.765. The van der Waals surface area contributed by atoms with Gasteiger partial charge in [-0.15, -0.1) is 0 Å². The molecular formula is C34H46O11. The van der Waals surface area contributed by atoms with Crippen LogP contribution in [0.25, 0.3) is 0 Å². The van der Waals surface area contributed by atoms with Gasteiger partial charge in [0.1, 0.15) is 18.0 Å². The molecule has 7 aliphatic rings. The number of rotatable bonds is 8. The Hall–Kier alpha value is -1.96. The summed E-state index contributed by atoms with van der Waals surface area (Å²) in [6.07, 6.45) is 4.65. The number of aldehydes is 1. The molecule has 7 rings (SSSR count). The third-order valence-corrected chi connectivity index (χ3v) is 13.2. The van der Waals surface area contributed by atoms with E-state index < -0.39 is 76.0 Å². The van der Waals surface area contributed by atoms with Gasteiger partial charge in [0.25, 0.3) is 0 Å². The maximum atomic E-state index is 13.7. The minimum atomic E-state index is -1.70. The molecule has 11 heteroatoms. The molecule has 0 aromatic carbocycles. The number of hydrogen-bond donors (Lipinski definition) is 1. The van der Waals surface area contributed by atoms with Gasteiger partial charge in [0.2, 0.25) is 0 Å². The van der Waals surface area contributed by atoms with E-state index in [9.17, 15) is 14.7 Å². The zero-order chi connectivity index (χ0) is 32.5. The molecule has 11 nitrogen and oxygen atoms in total. The highest BCUT2D eigenvalue weighted by atomic mass is 16.8. The van der Waals surface area contributed by atoms with E-state index in [0.29, 0.717) is 18.6 Å². The van der Waals surface area contributed by atoms with Gasteiger partial charge in [0.05, 0.1) is 24.2 Å². The van der Waals surface area contributed by atoms with Crippen LogP contribution in [0.5, 0.6) is 0 Å². The zero-order valence-corrected chi connectivity index (χ0v) is 27.5. The molecule has 4 aliphatic heterocycles. The minimum absolute atomic E-state index is 0.304. The standard InChI is InChI=1S/C34H46O11/c1-10-17(2)26(36)43-25-22-23-29(3,16-41-22)11-12-33(37)31(23,5)24(28(40-9)45-33)32(25,6)34-20(44-34)14-19(30(34,4)15-35)18-13-21(38-7)42-27(18)39-8/h10-13,15,19-25,27-28,37H,14,16H2,1-9H3/t19-,20+,21+,22+,23-,24-,25+,27-,28+,29-,30-,31-,32-,33-,34+/m0/s1. The third kappa shape index (κ3) is 3.49. The highest BCUT2D eigenvalue weighted by Crippen LogP contribution is 2.81. The van der Waals surface area contributed by atoms with E-state index in [1.54, 1.807) is 47.3 Å². The summed E-state index contributed by atoms with van der Waals surface area (Å²) in [5.74, 6) is -3.40. The largest absolute Gasteiger partial charge is 0.456 e. The first-order valence-electron chi connectivity index (χ1n) is 15.9. The molecule has 0 spiro atoms. The van der Waals surface area contributed by atoms with E-state index in [2.05, 4.69) is 6.92 Å². The molecule has 4 heterocycles. The van der Waals surface area contributed by atoms with Gasteiger partial charge in [-0.05, 0) is 44.9 Å². The average Bonchev–Trinajstić information content (AvgIpc) is 3.24. The second-order valence-corrected chi connectivity index (χ2v) is 14.9. The molecule has 0 radical (unpaired) electrons. The molecule has 45 heavy (non-hydrogen) atoms. The molecule has 0 bridgehead atoms. The van der Waals surface area contributed by atoms with Crippen LogP contribution in [0.2, 0.25) is 0 Å². The van der Waals surface area contributed by atoms with Gasteiger partial charge in [-0.2, -0.15) is 0 Å². The van der Waals surface area contributed by atoms with E-state index in [0.717, 1.165) is 11.9 Å². The number of ether oxygens (including phenoxy) is 8. The lowest BCUT2D eigenvalue weighted by molar-refractivity contribution is -0.273. The first kappa shape index (κ1) is 31.6. The summed E-state index contributed by atoms with van der Waals surface area (Å²) in [7, 11) is 4.66. The number of hydrogen-bond acceptors (Lipinski definition) is 11. The molecular weight excluding hydrogens is 584 g/mol. The molecule has 0 amide bonds. The molecule has 0 aromatic rings. The molecule has 1 N–H and O–H groups in total. The SMILES string of the molecule is CC=C(C)C(=O)O[C@@H]1[C@@H]2OC[C@]3(C)C=C[C@]4(O)O[C@@H](OC)[C@H]([C@]1(C)[C@@]15O[C@@H]1C[C@@H](C1=C[C@H](OC)O[C@@H]1OC)[C@]5(C)C=O)[C@]4(C)[C@@H]23. The van der Waals surface area contributed by atoms with E-state index in [1.165, 1.54) is 0 Å². The Morgan fingerprint density at radius 3 is 2.38 bits per heavy atom. The van der Waals surface area contributed by atoms with Crippen LogP contribution in [-0.2, 0) is 47.5 Å². The zero-order valence-electron chi connectivity index (χ0n) is 27.5. The maximum absolute atomic E-state index is 13.7. The summed E-state index contributed by atoms with van der Waals surface area (Å²) in [4.78, 5) is 27.3. The Morgan fingerprint density at radius 1 is 1.02 bits per heavy atom. The number of methoxy groups -OCH3 is 3. The predicted octanol–water partition coefficient (Wildman–Crippen LogP) is 3.05. The number of carbonyl (C=O) groups excluding carboxylic acids is 2. The first-order chi connectivity index (χ1) is 21.2. The van der Waals surface area contributed by atoms with Crippen molar-refractivity contribution in [2.24, 2.45) is 39.4 Å². The average molecular weight is 631 g/mol. The normalized spacial score (nSPS) is 55.7. The minimum Gasteiger partial charge on any atom is -0.456 e. The van der Waals surface area contributed by atoms with Crippen LogP contribution in [-0.4, -0.2) is 93.9 Å². The summed E-state index contributed by atoms with van der Waals surface area (Å²) >= 11 is 0. The predicted molar refractivity (Wildman–Crippen MR) is 157 cm³/mol. The molecule has 248 valence electrons. The lowest BCUT2D eigenvalue weighted by atomic mass is 9.39. The van der Waals surface area contributed by atoms with Gasteiger partial charge in [0, 0.05) is 60.9 Å². The maximum Gasteiger partial charge on any atom is 0.333 e. The lowest BCUT2D eigenvalue weighted by Crippen LogP contribution is -2.74. The van der Waals surface area contributed by atoms with Crippen molar-refractivity contribution >= 4 is 12.3 Å². The number of allylic oxidation sites excluding steroid dienone is 1. The Morgan fingerprint density at radius 2 is 1.76 bits per heavy atom. The van der Waals surface area contributed by atoms with Crippen LogP contribution in [0.4, 0.5) is 0 Å². The van der Waals surface area contributed by atoms with Crippen LogP contribution >= 0.6 is 0 Å². The fourth-order valence-electron chi connectivity index (χ4n) is 11.0. The van der Waals surface area contributed by atoms with E-state index in [1.807, 2.05) is 32.9 Å². The second-order valence-electron chi connectivity index (χ2n) is 14.9. The summed E-state index contributed by atoms with van der Waals surface area (Å²) in [6, 6.07) is 0. The molecule has 2 saturated carbocycles. The molecule has 3 saturated heterocycles. The number of epoxide rings is 1. The van der Waals surface area contributed by atoms with Gasteiger partial charge in [-0.1, -0.05) is 32.9 Å². The summed E-state index contributed by atoms with van der Waals surface area (Å²) in [5, 5.41) is 12.3. The number of aliphatic hydroxyl groups is 1.